The monoisotopic (exact) mass is 291 g/mol. The number of rotatable bonds is 4. The molecule has 0 aromatic heterocycles. The van der Waals surface area contributed by atoms with Crippen molar-refractivity contribution in [2.75, 3.05) is 26.2 Å². The first-order chi connectivity index (χ1) is 10.2. The van der Waals surface area contributed by atoms with Crippen molar-refractivity contribution >= 4 is 5.69 Å². The number of aromatic hydroxyl groups is 1. The third kappa shape index (κ3) is 2.87. The van der Waals surface area contributed by atoms with E-state index in [0.29, 0.717) is 11.5 Å². The Hall–Kier alpha value is -1.66. The van der Waals surface area contributed by atoms with E-state index in [1.165, 1.54) is 18.6 Å². The molecule has 0 amide bonds. The maximum atomic E-state index is 11.3. The molecule has 0 bridgehead atoms. The highest BCUT2D eigenvalue weighted by Crippen LogP contribution is 2.44. The van der Waals surface area contributed by atoms with Gasteiger partial charge in [-0.3, -0.25) is 15.0 Å². The Morgan fingerprint density at radius 2 is 2.05 bits per heavy atom. The number of hydrogen-bond acceptors (Lipinski definition) is 5. The maximum Gasteiger partial charge on any atom is 0.274 e. The van der Waals surface area contributed by atoms with Gasteiger partial charge in [0.25, 0.3) is 5.69 Å². The number of phenolic OH excluding ortho intramolecular Hbond substituents is 1. The third-order valence-electron chi connectivity index (χ3n) is 4.67. The second-order valence-electron chi connectivity index (χ2n) is 5.92. The standard InChI is InChI=1S/C15H21N3O3/c19-12-4-5-14(18(20)21)13(10-12)15(11-2-1-3-11)17-8-6-16-7-9-17/h4-5,10-11,15-16,19H,1-3,6-9H2/t15-/m1/s1. The lowest BCUT2D eigenvalue weighted by Crippen LogP contribution is -2.48. The van der Waals surface area contributed by atoms with Crippen LogP contribution in [0.3, 0.4) is 0 Å². The average Bonchev–Trinajstić information content (AvgIpc) is 2.43. The largest absolute Gasteiger partial charge is 0.508 e. The van der Waals surface area contributed by atoms with Crippen LogP contribution in [0.2, 0.25) is 0 Å². The van der Waals surface area contributed by atoms with Gasteiger partial charge < -0.3 is 10.4 Å². The molecular formula is C15H21N3O3. The Morgan fingerprint density at radius 3 is 2.62 bits per heavy atom. The van der Waals surface area contributed by atoms with Crippen molar-refractivity contribution in [1.29, 1.82) is 0 Å². The van der Waals surface area contributed by atoms with Gasteiger partial charge in [-0.05, 0) is 30.9 Å². The quantitative estimate of drug-likeness (QED) is 0.655. The van der Waals surface area contributed by atoms with Gasteiger partial charge in [0.15, 0.2) is 0 Å². The van der Waals surface area contributed by atoms with Gasteiger partial charge in [-0.1, -0.05) is 6.42 Å². The summed E-state index contributed by atoms with van der Waals surface area (Å²) in [6.45, 7) is 3.62. The fourth-order valence-corrected chi connectivity index (χ4v) is 3.41. The summed E-state index contributed by atoms with van der Waals surface area (Å²) in [4.78, 5) is 13.3. The number of benzene rings is 1. The Kier molecular flexibility index (Phi) is 4.07. The van der Waals surface area contributed by atoms with Gasteiger partial charge in [0, 0.05) is 38.3 Å². The van der Waals surface area contributed by atoms with Crippen molar-refractivity contribution < 1.29 is 10.0 Å². The first kappa shape index (κ1) is 14.3. The number of nitrogens with one attached hydrogen (secondary N) is 1. The second kappa shape index (κ2) is 5.99. The van der Waals surface area contributed by atoms with Crippen LogP contribution in [-0.2, 0) is 0 Å². The van der Waals surface area contributed by atoms with Crippen molar-refractivity contribution in [2.24, 2.45) is 5.92 Å². The molecule has 1 aromatic carbocycles. The lowest BCUT2D eigenvalue weighted by Gasteiger charge is -2.43. The molecule has 0 radical (unpaired) electrons. The van der Waals surface area contributed by atoms with E-state index in [9.17, 15) is 15.2 Å². The summed E-state index contributed by atoms with van der Waals surface area (Å²) >= 11 is 0. The highest BCUT2D eigenvalue weighted by Gasteiger charge is 2.37. The molecule has 1 aromatic rings. The predicted octanol–water partition coefficient (Wildman–Crippen LogP) is 2.05. The summed E-state index contributed by atoms with van der Waals surface area (Å²) < 4.78 is 0. The van der Waals surface area contributed by atoms with E-state index in [2.05, 4.69) is 10.2 Å². The minimum Gasteiger partial charge on any atom is -0.508 e. The van der Waals surface area contributed by atoms with E-state index < -0.39 is 0 Å². The van der Waals surface area contributed by atoms with Crippen LogP contribution in [0.25, 0.3) is 0 Å². The summed E-state index contributed by atoms with van der Waals surface area (Å²) in [6, 6.07) is 4.46. The summed E-state index contributed by atoms with van der Waals surface area (Å²) in [7, 11) is 0. The van der Waals surface area contributed by atoms with Gasteiger partial charge in [0.2, 0.25) is 0 Å². The van der Waals surface area contributed by atoms with Crippen LogP contribution in [0.1, 0.15) is 30.9 Å². The zero-order chi connectivity index (χ0) is 14.8. The Bertz CT molecular complexity index is 525. The smallest absolute Gasteiger partial charge is 0.274 e. The van der Waals surface area contributed by atoms with Crippen molar-refractivity contribution in [3.05, 3.63) is 33.9 Å². The minimum atomic E-state index is -0.331. The molecule has 2 N–H and O–H groups in total. The Morgan fingerprint density at radius 1 is 1.33 bits per heavy atom. The molecule has 1 heterocycles. The molecule has 0 unspecified atom stereocenters. The van der Waals surface area contributed by atoms with Crippen molar-refractivity contribution in [1.82, 2.24) is 10.2 Å². The number of nitro benzene ring substituents is 1. The van der Waals surface area contributed by atoms with Crippen molar-refractivity contribution in [2.45, 2.75) is 25.3 Å². The summed E-state index contributed by atoms with van der Waals surface area (Å²) in [5.41, 5.74) is 0.801. The van der Waals surface area contributed by atoms with Crippen molar-refractivity contribution in [3.63, 3.8) is 0 Å². The number of nitrogens with zero attached hydrogens (tertiary/aromatic N) is 2. The zero-order valence-electron chi connectivity index (χ0n) is 12.0. The zero-order valence-corrected chi connectivity index (χ0v) is 12.0. The number of phenols is 1. The Labute approximate surface area is 123 Å². The van der Waals surface area contributed by atoms with Crippen LogP contribution in [0.15, 0.2) is 18.2 Å². The van der Waals surface area contributed by atoms with E-state index in [1.807, 2.05) is 0 Å². The van der Waals surface area contributed by atoms with E-state index in [1.54, 1.807) is 6.07 Å². The molecule has 6 heteroatoms. The molecule has 3 rings (SSSR count). The highest BCUT2D eigenvalue weighted by molar-refractivity contribution is 5.47. The second-order valence-corrected chi connectivity index (χ2v) is 5.92. The molecule has 1 saturated carbocycles. The average molecular weight is 291 g/mol. The SMILES string of the molecule is O=[N+]([O-])c1ccc(O)cc1[C@@H](C1CCC1)N1CCNCC1. The molecule has 1 aliphatic carbocycles. The minimum absolute atomic E-state index is 0.0494. The van der Waals surface area contributed by atoms with E-state index >= 15 is 0 Å². The predicted molar refractivity (Wildman–Crippen MR) is 79.3 cm³/mol. The van der Waals surface area contributed by atoms with Gasteiger partial charge >= 0.3 is 0 Å². The molecule has 2 aliphatic rings. The highest BCUT2D eigenvalue weighted by atomic mass is 16.6. The van der Waals surface area contributed by atoms with Crippen LogP contribution >= 0.6 is 0 Å². The molecular weight excluding hydrogens is 270 g/mol. The lowest BCUT2D eigenvalue weighted by molar-refractivity contribution is -0.386. The number of piperazine rings is 1. The fourth-order valence-electron chi connectivity index (χ4n) is 3.41. The van der Waals surface area contributed by atoms with E-state index in [4.69, 9.17) is 0 Å². The molecule has 0 spiro atoms. The first-order valence-corrected chi connectivity index (χ1v) is 7.59. The van der Waals surface area contributed by atoms with Crippen LogP contribution < -0.4 is 5.32 Å². The van der Waals surface area contributed by atoms with Gasteiger partial charge in [-0.2, -0.15) is 0 Å². The number of nitro groups is 1. The van der Waals surface area contributed by atoms with Gasteiger partial charge in [-0.15, -0.1) is 0 Å². The van der Waals surface area contributed by atoms with E-state index in [-0.39, 0.29) is 22.4 Å². The maximum absolute atomic E-state index is 11.3. The van der Waals surface area contributed by atoms with Crippen LogP contribution in [0.4, 0.5) is 5.69 Å². The van der Waals surface area contributed by atoms with E-state index in [0.717, 1.165) is 39.0 Å². The lowest BCUT2D eigenvalue weighted by atomic mass is 9.76. The third-order valence-corrected chi connectivity index (χ3v) is 4.67. The normalized spacial score (nSPS) is 21.7. The molecule has 1 saturated heterocycles. The van der Waals surface area contributed by atoms with Crippen LogP contribution in [-0.4, -0.2) is 41.1 Å². The van der Waals surface area contributed by atoms with Crippen molar-refractivity contribution in [3.8, 4) is 5.75 Å². The molecule has 114 valence electrons. The summed E-state index contributed by atoms with van der Waals surface area (Å²) in [6.07, 6.45) is 3.42. The fraction of sp³-hybridized carbons (Fsp3) is 0.600. The molecule has 21 heavy (non-hydrogen) atoms. The molecule has 1 aliphatic heterocycles. The van der Waals surface area contributed by atoms with Crippen LogP contribution in [0.5, 0.6) is 5.75 Å². The summed E-state index contributed by atoms with van der Waals surface area (Å²) in [5, 5.41) is 24.4. The van der Waals surface area contributed by atoms with Gasteiger partial charge in [0.05, 0.1) is 10.5 Å². The molecule has 6 nitrogen and oxygen atoms in total. The first-order valence-electron chi connectivity index (χ1n) is 7.59. The van der Waals surface area contributed by atoms with Crippen LogP contribution in [0, 0.1) is 16.0 Å². The molecule has 2 fully saturated rings. The van der Waals surface area contributed by atoms with Gasteiger partial charge in [0.1, 0.15) is 5.75 Å². The number of hydrogen-bond donors (Lipinski definition) is 2. The summed E-state index contributed by atoms with van der Waals surface area (Å²) in [5.74, 6) is 0.568. The Balaban J connectivity index is 1.98. The molecule has 1 atom stereocenters. The topological polar surface area (TPSA) is 78.6 Å². The van der Waals surface area contributed by atoms with Gasteiger partial charge in [-0.25, -0.2) is 0 Å².